The Morgan fingerprint density at radius 1 is 0.981 bits per heavy atom. The van der Waals surface area contributed by atoms with Gasteiger partial charge >= 0.3 is 0 Å². The van der Waals surface area contributed by atoms with Crippen LogP contribution < -0.4 is 4.74 Å². The molecule has 1 unspecified atom stereocenters. The minimum atomic E-state index is -3.85. The number of carbonyl (C=O) groups is 1. The number of aliphatic hydroxyl groups is 5. The van der Waals surface area contributed by atoms with E-state index in [-0.39, 0.29) is 55.1 Å². The van der Waals surface area contributed by atoms with Crippen LogP contribution in [-0.4, -0.2) is 99.2 Å². The number of nitrogens with zero attached hydrogens (tertiary/aromatic N) is 2. The van der Waals surface area contributed by atoms with E-state index >= 15 is 0 Å². The summed E-state index contributed by atoms with van der Waals surface area (Å²) in [5, 5.41) is 48.6. The van der Waals surface area contributed by atoms with E-state index in [4.69, 9.17) is 26.2 Å². The van der Waals surface area contributed by atoms with Gasteiger partial charge in [0.15, 0.2) is 0 Å². The molecule has 282 valence electrons. The van der Waals surface area contributed by atoms with Crippen molar-refractivity contribution in [3.8, 4) is 16.9 Å². The highest BCUT2D eigenvalue weighted by Crippen LogP contribution is 2.53. The van der Waals surface area contributed by atoms with E-state index in [1.807, 2.05) is 36.5 Å². The van der Waals surface area contributed by atoms with Crippen LogP contribution in [-0.2, 0) is 31.8 Å². The maximum atomic E-state index is 13.7. The van der Waals surface area contributed by atoms with Gasteiger partial charge in [0.2, 0.25) is 10.0 Å². The van der Waals surface area contributed by atoms with Crippen molar-refractivity contribution in [3.05, 3.63) is 77.1 Å². The highest BCUT2D eigenvalue weighted by atomic mass is 35.5. The molecule has 2 aromatic carbocycles. The number of hydrogen-bond acceptors (Lipinski definition) is 11. The molecule has 2 aliphatic carbocycles. The van der Waals surface area contributed by atoms with Crippen LogP contribution in [0, 0.1) is 5.92 Å². The first-order valence-corrected chi connectivity index (χ1v) is 19.7. The van der Waals surface area contributed by atoms with Gasteiger partial charge in [-0.25, -0.2) is 8.42 Å². The summed E-state index contributed by atoms with van der Waals surface area (Å²) in [6, 6.07) is 14.6. The average Bonchev–Trinajstić information content (AvgIpc) is 4.09. The van der Waals surface area contributed by atoms with Crippen LogP contribution in [0.4, 0.5) is 0 Å². The Morgan fingerprint density at radius 2 is 1.73 bits per heavy atom. The third-order valence-corrected chi connectivity index (χ3v) is 12.5. The Hall–Kier alpha value is -2.98. The van der Waals surface area contributed by atoms with Gasteiger partial charge in [0.05, 0.1) is 35.9 Å². The molecule has 3 aromatic rings. The number of Topliss-reactive ketones (excluding diaryl/α,β-unsaturated/α-hetero) is 1. The van der Waals surface area contributed by atoms with Gasteiger partial charge < -0.3 is 35.0 Å². The molecule has 0 radical (unpaired) electrons. The molecule has 5 atom stereocenters. The number of ether oxygens (including phenoxy) is 2. The second-order valence-electron chi connectivity index (χ2n) is 14.2. The summed E-state index contributed by atoms with van der Waals surface area (Å²) >= 11 is 6.58. The highest BCUT2D eigenvalue weighted by molar-refractivity contribution is 7.89. The molecule has 3 fully saturated rings. The molecule has 6 rings (SSSR count). The van der Waals surface area contributed by atoms with Crippen molar-refractivity contribution in [2.75, 3.05) is 19.7 Å². The number of rotatable bonds is 19. The van der Waals surface area contributed by atoms with E-state index in [2.05, 4.69) is 4.98 Å². The van der Waals surface area contributed by atoms with Gasteiger partial charge in [-0.1, -0.05) is 29.8 Å². The van der Waals surface area contributed by atoms with Gasteiger partial charge in [-0.05, 0) is 92.3 Å². The number of sulfonamides is 1. The Morgan fingerprint density at radius 3 is 2.46 bits per heavy atom. The van der Waals surface area contributed by atoms with Crippen molar-refractivity contribution >= 4 is 27.4 Å². The second kappa shape index (κ2) is 16.6. The molecule has 3 aliphatic rings. The Labute approximate surface area is 309 Å². The number of halogens is 1. The molecule has 0 spiro atoms. The molecule has 52 heavy (non-hydrogen) atoms. The van der Waals surface area contributed by atoms with Crippen molar-refractivity contribution < 1.29 is 48.2 Å². The van der Waals surface area contributed by atoms with Crippen LogP contribution >= 0.6 is 11.6 Å². The lowest BCUT2D eigenvalue weighted by Crippen LogP contribution is -2.45. The molecular formula is C38H47ClN2O10S. The van der Waals surface area contributed by atoms with Crippen LogP contribution in [0.15, 0.2) is 65.8 Å². The molecule has 0 bridgehead atoms. The largest absolute Gasteiger partial charge is 0.490 e. The molecule has 14 heteroatoms. The van der Waals surface area contributed by atoms with Crippen molar-refractivity contribution in [2.24, 2.45) is 5.92 Å². The van der Waals surface area contributed by atoms with E-state index in [0.29, 0.717) is 30.0 Å². The summed E-state index contributed by atoms with van der Waals surface area (Å²) < 4.78 is 41.7. The van der Waals surface area contributed by atoms with Crippen LogP contribution in [0.3, 0.4) is 0 Å². The molecule has 1 aromatic heterocycles. The minimum Gasteiger partial charge on any atom is -0.490 e. The van der Waals surface area contributed by atoms with Gasteiger partial charge in [0.25, 0.3) is 0 Å². The number of aromatic nitrogens is 1. The summed E-state index contributed by atoms with van der Waals surface area (Å²) in [5.41, 5.74) is 2.89. The third-order valence-electron chi connectivity index (χ3n) is 10.3. The fraction of sp³-hybridized carbons (Fsp3) is 0.526. The van der Waals surface area contributed by atoms with Crippen molar-refractivity contribution in [1.82, 2.24) is 9.29 Å². The number of benzene rings is 2. The maximum absolute atomic E-state index is 13.7. The lowest BCUT2D eigenvalue weighted by molar-refractivity contribution is -0.125. The summed E-state index contributed by atoms with van der Waals surface area (Å²) in [6.45, 7) is -0.110. The first-order valence-electron chi connectivity index (χ1n) is 17.9. The monoisotopic (exact) mass is 758 g/mol. The third kappa shape index (κ3) is 9.03. The zero-order valence-electron chi connectivity index (χ0n) is 28.9. The SMILES string of the molecule is O=C(CCC1CCN(S(=O)(=O)c2ccc(Cl)c(COC3(c4cnccc4-c4ccccc4OC4CC4)CC3)c2)C1)CC[C@H](O)[C@@H](O)[C@H](O)[C@H](O)CO. The normalized spacial score (nSPS) is 21.0. The van der Waals surface area contributed by atoms with E-state index < -0.39 is 46.6 Å². The minimum absolute atomic E-state index is 0.0333. The predicted octanol–water partition coefficient (Wildman–Crippen LogP) is 3.73. The number of hydrogen-bond donors (Lipinski definition) is 5. The lowest BCUT2D eigenvalue weighted by atomic mass is 9.96. The maximum Gasteiger partial charge on any atom is 0.243 e. The lowest BCUT2D eigenvalue weighted by Gasteiger charge is -2.25. The van der Waals surface area contributed by atoms with E-state index in [0.717, 1.165) is 48.1 Å². The first-order chi connectivity index (χ1) is 24.9. The molecule has 5 N–H and O–H groups in total. The Balaban J connectivity index is 1.05. The quantitative estimate of drug-likeness (QED) is 0.120. The Kier molecular flexibility index (Phi) is 12.4. The smallest absolute Gasteiger partial charge is 0.243 e. The zero-order chi connectivity index (χ0) is 37.0. The summed E-state index contributed by atoms with van der Waals surface area (Å²) in [6.07, 6.45) is 2.01. The summed E-state index contributed by atoms with van der Waals surface area (Å²) in [7, 11) is -3.85. The van der Waals surface area contributed by atoms with E-state index in [1.54, 1.807) is 18.3 Å². The van der Waals surface area contributed by atoms with Crippen molar-refractivity contribution in [2.45, 2.75) is 105 Å². The van der Waals surface area contributed by atoms with Gasteiger partial charge in [-0.15, -0.1) is 0 Å². The van der Waals surface area contributed by atoms with E-state index in [1.165, 1.54) is 10.4 Å². The molecule has 2 saturated carbocycles. The van der Waals surface area contributed by atoms with Gasteiger partial charge in [-0.2, -0.15) is 4.31 Å². The highest BCUT2D eigenvalue weighted by Gasteiger charge is 2.48. The second-order valence-corrected chi connectivity index (χ2v) is 16.5. The first kappa shape index (κ1) is 38.7. The average molecular weight is 759 g/mol. The number of ketones is 1. The summed E-state index contributed by atoms with van der Waals surface area (Å²) in [4.78, 5) is 17.1. The number of aliphatic hydroxyl groups excluding tert-OH is 5. The molecule has 2 heterocycles. The molecular weight excluding hydrogens is 712 g/mol. The number of para-hydroxylation sites is 1. The standard InChI is InChI=1S/C38H47ClN2O10S/c39-32-11-10-28(52(48,49)41-18-14-24(21-41)5-6-26(43)7-12-33(44)36(46)37(47)34(45)22-42)19-25(32)23-50-38(15-16-38)31-20-40-17-13-29(31)30-3-1-2-4-35(30)51-27-8-9-27/h1-4,10-11,13,17,19-20,24,27,33-34,36-37,42,44-47H,5-9,12,14-16,18,21-23H2/t24?,33-,34+,36+,37+/m0/s1. The van der Waals surface area contributed by atoms with Crippen molar-refractivity contribution in [3.63, 3.8) is 0 Å². The Bertz CT molecular complexity index is 1820. The van der Waals surface area contributed by atoms with Gasteiger partial charge in [0.1, 0.15) is 29.8 Å². The van der Waals surface area contributed by atoms with Gasteiger partial charge in [0, 0.05) is 54.5 Å². The van der Waals surface area contributed by atoms with Crippen LogP contribution in [0.5, 0.6) is 5.75 Å². The molecule has 12 nitrogen and oxygen atoms in total. The van der Waals surface area contributed by atoms with Crippen LogP contribution in [0.25, 0.3) is 11.1 Å². The predicted molar refractivity (Wildman–Crippen MR) is 192 cm³/mol. The zero-order valence-corrected chi connectivity index (χ0v) is 30.5. The fourth-order valence-electron chi connectivity index (χ4n) is 6.73. The van der Waals surface area contributed by atoms with Crippen LogP contribution in [0.2, 0.25) is 5.02 Å². The number of pyridine rings is 1. The fourth-order valence-corrected chi connectivity index (χ4v) is 8.48. The topological polar surface area (TPSA) is 187 Å². The molecule has 0 amide bonds. The van der Waals surface area contributed by atoms with Crippen LogP contribution in [0.1, 0.15) is 68.9 Å². The van der Waals surface area contributed by atoms with E-state index in [9.17, 15) is 33.6 Å². The van der Waals surface area contributed by atoms with Gasteiger partial charge in [-0.3, -0.25) is 9.78 Å². The number of carbonyl (C=O) groups excluding carboxylic acids is 1. The molecule has 1 saturated heterocycles. The van der Waals surface area contributed by atoms with Crippen molar-refractivity contribution in [1.29, 1.82) is 0 Å². The summed E-state index contributed by atoms with van der Waals surface area (Å²) in [5.74, 6) is 0.624. The molecule has 1 aliphatic heterocycles.